The fourth-order valence-electron chi connectivity index (χ4n) is 9.56. The quantitative estimate of drug-likeness (QED) is 0.0261. The molecule has 0 aliphatic heterocycles. The van der Waals surface area contributed by atoms with E-state index in [1.54, 1.807) is 0 Å². The standard InChI is InChI=1S/C67H122O6/c1-4-7-10-13-16-19-22-25-28-30-32-33-34-36-37-39-42-45-48-51-54-57-60-66(69)72-63-64(62-71-65(68)59-56-53-50-47-44-41-27-24-21-18-15-12-9-6-3)73-67(70)61-58-55-52-49-46-43-40-38-35-31-29-26-23-20-17-14-11-8-5-2/h8,11,17,20,26,29,35,38,64H,4-7,9-10,12-16,18-19,21-25,27-28,30-34,36-37,39-63H2,1-3H3/b11-8-,20-17-,29-26-,38-35-. The van der Waals surface area contributed by atoms with Crippen molar-refractivity contribution in [1.82, 2.24) is 0 Å². The van der Waals surface area contributed by atoms with Gasteiger partial charge in [0.15, 0.2) is 6.10 Å². The molecular formula is C67H122O6. The molecule has 0 aromatic carbocycles. The average Bonchev–Trinajstić information content (AvgIpc) is 3.39. The van der Waals surface area contributed by atoms with E-state index in [1.165, 1.54) is 205 Å². The summed E-state index contributed by atoms with van der Waals surface area (Å²) in [6, 6.07) is 0. The number of esters is 3. The summed E-state index contributed by atoms with van der Waals surface area (Å²) < 4.78 is 16.9. The van der Waals surface area contributed by atoms with Gasteiger partial charge >= 0.3 is 17.9 Å². The lowest BCUT2D eigenvalue weighted by Gasteiger charge is -2.18. The third kappa shape index (κ3) is 60.1. The first-order valence-corrected chi connectivity index (χ1v) is 32.1. The van der Waals surface area contributed by atoms with E-state index in [0.29, 0.717) is 19.3 Å². The van der Waals surface area contributed by atoms with E-state index in [9.17, 15) is 14.4 Å². The minimum atomic E-state index is -0.778. The van der Waals surface area contributed by atoms with E-state index in [4.69, 9.17) is 14.2 Å². The first-order valence-electron chi connectivity index (χ1n) is 32.1. The number of hydrogen-bond acceptors (Lipinski definition) is 6. The molecule has 0 bridgehead atoms. The van der Waals surface area contributed by atoms with Crippen LogP contribution in [0.25, 0.3) is 0 Å². The zero-order valence-corrected chi connectivity index (χ0v) is 48.9. The van der Waals surface area contributed by atoms with Crippen molar-refractivity contribution in [1.29, 1.82) is 0 Å². The molecule has 6 heteroatoms. The Morgan fingerprint density at radius 3 is 0.836 bits per heavy atom. The first-order chi connectivity index (χ1) is 36.0. The Hall–Kier alpha value is -2.63. The first kappa shape index (κ1) is 70.4. The number of carbonyl (C=O) groups excluding carboxylic acids is 3. The van der Waals surface area contributed by atoms with Crippen molar-refractivity contribution in [3.63, 3.8) is 0 Å². The Kier molecular flexibility index (Phi) is 59.7. The normalized spacial score (nSPS) is 12.3. The van der Waals surface area contributed by atoms with Crippen molar-refractivity contribution < 1.29 is 28.6 Å². The summed E-state index contributed by atoms with van der Waals surface area (Å²) in [5.41, 5.74) is 0. The fourth-order valence-corrected chi connectivity index (χ4v) is 9.56. The van der Waals surface area contributed by atoms with Crippen LogP contribution in [0.3, 0.4) is 0 Å². The van der Waals surface area contributed by atoms with Crippen molar-refractivity contribution in [2.75, 3.05) is 13.2 Å². The van der Waals surface area contributed by atoms with Crippen LogP contribution in [-0.4, -0.2) is 37.2 Å². The highest BCUT2D eigenvalue weighted by atomic mass is 16.6. The maximum Gasteiger partial charge on any atom is 0.306 e. The molecule has 6 nitrogen and oxygen atoms in total. The SMILES string of the molecule is CC/C=C\C/C=C\C/C=C\C/C=C\CCCCCCCCC(=O)OC(COC(=O)CCCCCCCCCCCCCCCC)COC(=O)CCCCCCCCCCCCCCCCCCCCCCCC. The van der Waals surface area contributed by atoms with Crippen LogP contribution in [0.4, 0.5) is 0 Å². The number of unbranched alkanes of at least 4 members (excludes halogenated alkanes) is 40. The van der Waals surface area contributed by atoms with Crippen LogP contribution in [0.2, 0.25) is 0 Å². The van der Waals surface area contributed by atoms with Crippen LogP contribution in [0.5, 0.6) is 0 Å². The summed E-state index contributed by atoms with van der Waals surface area (Å²) in [5, 5.41) is 0. The van der Waals surface area contributed by atoms with E-state index in [1.807, 2.05) is 0 Å². The molecule has 0 rings (SSSR count). The summed E-state index contributed by atoms with van der Waals surface area (Å²) >= 11 is 0. The van der Waals surface area contributed by atoms with E-state index >= 15 is 0 Å². The molecule has 0 aliphatic carbocycles. The minimum Gasteiger partial charge on any atom is -0.462 e. The van der Waals surface area contributed by atoms with Crippen molar-refractivity contribution in [2.24, 2.45) is 0 Å². The van der Waals surface area contributed by atoms with Crippen LogP contribution in [0, 0.1) is 0 Å². The number of carbonyl (C=O) groups is 3. The van der Waals surface area contributed by atoms with Crippen molar-refractivity contribution in [2.45, 2.75) is 348 Å². The van der Waals surface area contributed by atoms with Gasteiger partial charge in [-0.15, -0.1) is 0 Å². The van der Waals surface area contributed by atoms with Crippen LogP contribution < -0.4 is 0 Å². The van der Waals surface area contributed by atoms with Gasteiger partial charge in [0.05, 0.1) is 0 Å². The van der Waals surface area contributed by atoms with Gasteiger partial charge in [0.1, 0.15) is 13.2 Å². The van der Waals surface area contributed by atoms with Gasteiger partial charge in [0.25, 0.3) is 0 Å². The molecule has 1 atom stereocenters. The summed E-state index contributed by atoms with van der Waals surface area (Å²) in [5.74, 6) is -0.865. The van der Waals surface area contributed by atoms with Crippen LogP contribution in [0.15, 0.2) is 48.6 Å². The highest BCUT2D eigenvalue weighted by Gasteiger charge is 2.19. The zero-order chi connectivity index (χ0) is 52.9. The molecular weight excluding hydrogens is 901 g/mol. The lowest BCUT2D eigenvalue weighted by molar-refractivity contribution is -0.167. The minimum absolute atomic E-state index is 0.0741. The van der Waals surface area contributed by atoms with Gasteiger partial charge in [-0.3, -0.25) is 14.4 Å². The molecule has 1 unspecified atom stereocenters. The van der Waals surface area contributed by atoms with Gasteiger partial charge in [0.2, 0.25) is 0 Å². The van der Waals surface area contributed by atoms with Gasteiger partial charge in [0, 0.05) is 19.3 Å². The Labute approximate surface area is 454 Å². The van der Waals surface area contributed by atoms with Crippen molar-refractivity contribution in [3.05, 3.63) is 48.6 Å². The molecule has 0 aromatic rings. The lowest BCUT2D eigenvalue weighted by Crippen LogP contribution is -2.30. The molecule has 0 heterocycles. The Balaban J connectivity index is 4.31. The van der Waals surface area contributed by atoms with Gasteiger partial charge in [-0.2, -0.15) is 0 Å². The maximum atomic E-state index is 12.9. The fraction of sp³-hybridized carbons (Fsp3) is 0.836. The second-order valence-corrected chi connectivity index (χ2v) is 21.7. The van der Waals surface area contributed by atoms with Crippen LogP contribution in [0.1, 0.15) is 342 Å². The number of hydrogen-bond donors (Lipinski definition) is 0. The number of rotatable bonds is 59. The molecule has 0 aliphatic rings. The highest BCUT2D eigenvalue weighted by molar-refractivity contribution is 5.71. The molecule has 0 radical (unpaired) electrons. The van der Waals surface area contributed by atoms with Gasteiger partial charge in [-0.25, -0.2) is 0 Å². The Bertz CT molecular complexity index is 1270. The highest BCUT2D eigenvalue weighted by Crippen LogP contribution is 2.18. The van der Waals surface area contributed by atoms with Gasteiger partial charge in [-0.1, -0.05) is 313 Å². The van der Waals surface area contributed by atoms with Gasteiger partial charge in [-0.05, 0) is 57.8 Å². The second kappa shape index (κ2) is 61.9. The Morgan fingerprint density at radius 1 is 0.288 bits per heavy atom. The molecule has 0 fully saturated rings. The van der Waals surface area contributed by atoms with Gasteiger partial charge < -0.3 is 14.2 Å². The summed E-state index contributed by atoms with van der Waals surface area (Å²) in [6.45, 7) is 6.58. The summed E-state index contributed by atoms with van der Waals surface area (Å²) in [6.07, 6.45) is 76.9. The number of ether oxygens (including phenoxy) is 3. The molecule has 0 saturated heterocycles. The molecule has 73 heavy (non-hydrogen) atoms. The second-order valence-electron chi connectivity index (χ2n) is 21.7. The largest absolute Gasteiger partial charge is 0.462 e. The van der Waals surface area contributed by atoms with Crippen molar-refractivity contribution in [3.8, 4) is 0 Å². The Morgan fingerprint density at radius 2 is 0.534 bits per heavy atom. The topological polar surface area (TPSA) is 78.9 Å². The molecule has 0 spiro atoms. The predicted octanol–water partition coefficient (Wildman–Crippen LogP) is 21.8. The van der Waals surface area contributed by atoms with Crippen LogP contribution >= 0.6 is 0 Å². The third-order valence-electron chi connectivity index (χ3n) is 14.3. The van der Waals surface area contributed by atoms with Crippen molar-refractivity contribution >= 4 is 17.9 Å². The molecule has 0 amide bonds. The lowest BCUT2D eigenvalue weighted by atomic mass is 10.0. The van der Waals surface area contributed by atoms with Crippen LogP contribution in [-0.2, 0) is 28.6 Å². The number of allylic oxidation sites excluding steroid dienone is 8. The smallest absolute Gasteiger partial charge is 0.306 e. The maximum absolute atomic E-state index is 12.9. The monoisotopic (exact) mass is 1020 g/mol. The summed E-state index contributed by atoms with van der Waals surface area (Å²) in [7, 11) is 0. The van der Waals surface area contributed by atoms with E-state index < -0.39 is 6.10 Å². The molecule has 0 N–H and O–H groups in total. The average molecular weight is 1020 g/mol. The van der Waals surface area contributed by atoms with E-state index in [0.717, 1.165) is 96.3 Å². The predicted molar refractivity (Wildman–Crippen MR) is 316 cm³/mol. The summed E-state index contributed by atoms with van der Waals surface area (Å²) in [4.78, 5) is 38.3. The molecule has 426 valence electrons. The molecule has 0 aromatic heterocycles. The van der Waals surface area contributed by atoms with E-state index in [2.05, 4.69) is 69.4 Å². The van der Waals surface area contributed by atoms with E-state index in [-0.39, 0.29) is 31.1 Å². The zero-order valence-electron chi connectivity index (χ0n) is 48.9. The molecule has 0 saturated carbocycles. The third-order valence-corrected chi connectivity index (χ3v) is 14.3.